The van der Waals surface area contributed by atoms with Crippen molar-refractivity contribution < 1.29 is 0 Å². The van der Waals surface area contributed by atoms with Gasteiger partial charge < -0.3 is 5.32 Å². The van der Waals surface area contributed by atoms with E-state index in [9.17, 15) is 0 Å². The molecular formula is C19H15N3. The van der Waals surface area contributed by atoms with Gasteiger partial charge in [-0.2, -0.15) is 0 Å². The van der Waals surface area contributed by atoms with Gasteiger partial charge in [-0.1, -0.05) is 42.0 Å². The first kappa shape index (κ1) is 12.8. The lowest BCUT2D eigenvalue weighted by Gasteiger charge is -2.10. The number of rotatable bonds is 1. The zero-order valence-corrected chi connectivity index (χ0v) is 12.2. The minimum absolute atomic E-state index is 0.789. The summed E-state index contributed by atoms with van der Waals surface area (Å²) < 4.78 is 0. The lowest BCUT2D eigenvalue weighted by Crippen LogP contribution is -2.04. The molecule has 1 aliphatic rings. The summed E-state index contributed by atoms with van der Waals surface area (Å²) in [6, 6.07) is 20.5. The first-order valence-electron chi connectivity index (χ1n) is 7.28. The molecule has 0 aliphatic carbocycles. The monoisotopic (exact) mass is 285 g/mol. The summed E-state index contributed by atoms with van der Waals surface area (Å²) >= 11 is 0. The van der Waals surface area contributed by atoms with Crippen LogP contribution in [-0.4, -0.2) is 10.7 Å². The number of benzene rings is 2. The number of nitrogens with zero attached hydrogens (tertiary/aromatic N) is 2. The maximum absolute atomic E-state index is 4.88. The Morgan fingerprint density at radius 1 is 0.909 bits per heavy atom. The van der Waals surface area contributed by atoms with Crippen molar-refractivity contribution in [3.05, 3.63) is 83.6 Å². The Kier molecular flexibility index (Phi) is 2.97. The topological polar surface area (TPSA) is 37.3 Å². The van der Waals surface area contributed by atoms with E-state index in [2.05, 4.69) is 53.6 Å². The Hall–Kier alpha value is -2.94. The van der Waals surface area contributed by atoms with Crippen molar-refractivity contribution in [2.75, 3.05) is 5.32 Å². The highest BCUT2D eigenvalue weighted by atomic mass is 15.0. The van der Waals surface area contributed by atoms with E-state index >= 15 is 0 Å². The number of aliphatic imine (C=N–C) groups is 1. The number of para-hydroxylation sites is 1. The van der Waals surface area contributed by atoms with Crippen LogP contribution in [0, 0.1) is 6.92 Å². The predicted octanol–water partition coefficient (Wildman–Crippen LogP) is 4.62. The minimum atomic E-state index is 0.789. The molecule has 22 heavy (non-hydrogen) atoms. The molecular weight excluding hydrogens is 270 g/mol. The zero-order valence-electron chi connectivity index (χ0n) is 12.2. The molecule has 0 fully saturated rings. The molecule has 1 aromatic heterocycles. The van der Waals surface area contributed by atoms with Gasteiger partial charge in [0.05, 0.1) is 5.71 Å². The largest absolute Gasteiger partial charge is 0.338 e. The summed E-state index contributed by atoms with van der Waals surface area (Å²) in [6.45, 7) is 2.10. The zero-order chi connectivity index (χ0) is 14.9. The molecule has 0 unspecified atom stereocenters. The smallest absolute Gasteiger partial charge is 0.156 e. The first-order valence-corrected chi connectivity index (χ1v) is 7.28. The number of hydrogen-bond donors (Lipinski definition) is 1. The highest BCUT2D eigenvalue weighted by molar-refractivity contribution is 6.18. The van der Waals surface area contributed by atoms with Gasteiger partial charge in [0.15, 0.2) is 5.82 Å². The Morgan fingerprint density at radius 2 is 1.82 bits per heavy atom. The van der Waals surface area contributed by atoms with Crippen molar-refractivity contribution in [3.8, 4) is 0 Å². The van der Waals surface area contributed by atoms with Gasteiger partial charge in [0, 0.05) is 23.0 Å². The van der Waals surface area contributed by atoms with Crippen LogP contribution in [0.15, 0.2) is 71.9 Å². The van der Waals surface area contributed by atoms with Gasteiger partial charge in [-0.25, -0.2) is 9.98 Å². The van der Waals surface area contributed by atoms with Crippen LogP contribution < -0.4 is 5.32 Å². The Morgan fingerprint density at radius 3 is 2.73 bits per heavy atom. The molecule has 4 rings (SSSR count). The third-order valence-corrected chi connectivity index (χ3v) is 3.75. The van der Waals surface area contributed by atoms with E-state index in [1.54, 1.807) is 6.20 Å². The number of fused-ring (bicyclic) bond motifs is 2. The van der Waals surface area contributed by atoms with E-state index in [4.69, 9.17) is 4.99 Å². The van der Waals surface area contributed by atoms with Crippen LogP contribution in [0.25, 0.3) is 0 Å². The van der Waals surface area contributed by atoms with Crippen molar-refractivity contribution in [1.29, 1.82) is 0 Å². The highest BCUT2D eigenvalue weighted by Gasteiger charge is 2.17. The standard InChI is InChI=1S/C19H15N3/c1-13-6-4-7-14(12-13)18-15-8-2-3-9-16(15)22-19-17(21-18)10-5-11-20-19/h2-12H,1H3,(H,20,22). The average molecular weight is 285 g/mol. The van der Waals surface area contributed by atoms with Gasteiger partial charge in [0.1, 0.15) is 5.69 Å². The summed E-state index contributed by atoms with van der Waals surface area (Å²) in [4.78, 5) is 9.29. The van der Waals surface area contributed by atoms with Gasteiger partial charge in [-0.3, -0.25) is 0 Å². The molecule has 0 radical (unpaired) electrons. The third kappa shape index (κ3) is 2.17. The molecule has 3 nitrogen and oxygen atoms in total. The number of anilines is 2. The summed E-state index contributed by atoms with van der Waals surface area (Å²) in [7, 11) is 0. The third-order valence-electron chi connectivity index (χ3n) is 3.75. The second kappa shape index (κ2) is 5.11. The summed E-state index contributed by atoms with van der Waals surface area (Å²) in [5.41, 5.74) is 6.28. The Balaban J connectivity index is 2.00. The lowest BCUT2D eigenvalue weighted by atomic mass is 9.99. The maximum atomic E-state index is 4.88. The fourth-order valence-corrected chi connectivity index (χ4v) is 2.70. The summed E-state index contributed by atoms with van der Waals surface area (Å²) in [6.07, 6.45) is 1.78. The molecule has 1 aliphatic heterocycles. The van der Waals surface area contributed by atoms with Gasteiger partial charge in [0.25, 0.3) is 0 Å². The number of aromatic nitrogens is 1. The number of hydrogen-bond acceptors (Lipinski definition) is 3. The van der Waals surface area contributed by atoms with Gasteiger partial charge in [-0.15, -0.1) is 0 Å². The van der Waals surface area contributed by atoms with Crippen molar-refractivity contribution in [2.24, 2.45) is 4.99 Å². The normalized spacial score (nSPS) is 12.5. The quantitative estimate of drug-likeness (QED) is 0.554. The van der Waals surface area contributed by atoms with Gasteiger partial charge in [0.2, 0.25) is 0 Å². The molecule has 0 bridgehead atoms. The molecule has 3 aromatic rings. The van der Waals surface area contributed by atoms with Crippen molar-refractivity contribution in [2.45, 2.75) is 6.92 Å². The van der Waals surface area contributed by atoms with Crippen LogP contribution >= 0.6 is 0 Å². The van der Waals surface area contributed by atoms with E-state index in [1.165, 1.54) is 5.56 Å². The molecule has 0 amide bonds. The number of aryl methyl sites for hydroxylation is 1. The van der Waals surface area contributed by atoms with Crippen LogP contribution in [0.3, 0.4) is 0 Å². The van der Waals surface area contributed by atoms with E-state index in [0.717, 1.165) is 34.0 Å². The predicted molar refractivity (Wildman–Crippen MR) is 90.4 cm³/mol. The van der Waals surface area contributed by atoms with Crippen molar-refractivity contribution >= 4 is 22.9 Å². The van der Waals surface area contributed by atoms with Crippen LogP contribution in [0.5, 0.6) is 0 Å². The Bertz CT molecular complexity index is 881. The molecule has 0 spiro atoms. The van der Waals surface area contributed by atoms with Gasteiger partial charge in [-0.05, 0) is 31.2 Å². The molecule has 0 saturated carbocycles. The SMILES string of the molecule is Cc1cccc(C2=Nc3cccnc3Nc3ccccc32)c1. The van der Waals surface area contributed by atoms with E-state index in [0.29, 0.717) is 0 Å². The van der Waals surface area contributed by atoms with E-state index < -0.39 is 0 Å². The number of pyridine rings is 1. The van der Waals surface area contributed by atoms with Crippen LogP contribution in [-0.2, 0) is 0 Å². The van der Waals surface area contributed by atoms with E-state index in [1.807, 2.05) is 24.3 Å². The van der Waals surface area contributed by atoms with Crippen molar-refractivity contribution in [1.82, 2.24) is 4.98 Å². The second-order valence-corrected chi connectivity index (χ2v) is 5.37. The molecule has 106 valence electrons. The molecule has 2 aromatic carbocycles. The number of nitrogens with one attached hydrogen (secondary N) is 1. The van der Waals surface area contributed by atoms with Crippen molar-refractivity contribution in [3.63, 3.8) is 0 Å². The fraction of sp³-hybridized carbons (Fsp3) is 0.0526. The lowest BCUT2D eigenvalue weighted by molar-refractivity contribution is 1.30. The summed E-state index contributed by atoms with van der Waals surface area (Å²) in [5, 5.41) is 3.39. The highest BCUT2D eigenvalue weighted by Crippen LogP contribution is 2.33. The molecule has 3 heteroatoms. The van der Waals surface area contributed by atoms with Crippen LogP contribution in [0.4, 0.5) is 17.2 Å². The summed E-state index contributed by atoms with van der Waals surface area (Å²) in [5.74, 6) is 0.789. The van der Waals surface area contributed by atoms with E-state index in [-0.39, 0.29) is 0 Å². The Labute approximate surface area is 129 Å². The molecule has 0 atom stereocenters. The minimum Gasteiger partial charge on any atom is -0.338 e. The van der Waals surface area contributed by atoms with Crippen LogP contribution in [0.1, 0.15) is 16.7 Å². The average Bonchev–Trinajstić information content (AvgIpc) is 2.71. The first-order chi connectivity index (χ1) is 10.8. The maximum Gasteiger partial charge on any atom is 0.156 e. The molecule has 2 heterocycles. The van der Waals surface area contributed by atoms with Crippen LogP contribution in [0.2, 0.25) is 0 Å². The second-order valence-electron chi connectivity index (χ2n) is 5.37. The molecule has 0 saturated heterocycles. The fourth-order valence-electron chi connectivity index (χ4n) is 2.70. The van der Waals surface area contributed by atoms with Gasteiger partial charge >= 0.3 is 0 Å². The molecule has 1 N–H and O–H groups in total.